The number of hydrogen-bond acceptors (Lipinski definition) is 4. The Morgan fingerprint density at radius 2 is 1.83 bits per heavy atom. The third-order valence-corrected chi connectivity index (χ3v) is 5.24. The third kappa shape index (κ3) is 5.84. The van der Waals surface area contributed by atoms with Crippen molar-refractivity contribution in [3.05, 3.63) is 24.3 Å². The number of ether oxygens (including phenoxy) is 1. The maximum atomic E-state index is 12.1. The number of carbonyl (C=O) groups is 1. The van der Waals surface area contributed by atoms with Crippen LogP contribution in [-0.2, 0) is 14.8 Å². The Hall–Kier alpha value is -1.60. The molecule has 0 bridgehead atoms. The Labute approximate surface area is 137 Å². The highest BCUT2D eigenvalue weighted by atomic mass is 32.2. The number of nitrogens with one attached hydrogen (secondary N) is 2. The van der Waals surface area contributed by atoms with Gasteiger partial charge in [-0.1, -0.05) is 0 Å². The molecule has 0 atom stereocenters. The van der Waals surface area contributed by atoms with Gasteiger partial charge in [0.2, 0.25) is 15.9 Å². The number of rotatable bonds is 8. The second kappa shape index (κ2) is 8.31. The molecule has 1 aliphatic rings. The van der Waals surface area contributed by atoms with E-state index in [1.54, 1.807) is 24.3 Å². The fraction of sp³-hybridized carbons (Fsp3) is 0.562. The van der Waals surface area contributed by atoms with E-state index < -0.39 is 10.0 Å². The number of sulfonamides is 1. The molecule has 0 unspecified atom stereocenters. The van der Waals surface area contributed by atoms with Crippen LogP contribution in [0, 0.1) is 0 Å². The molecule has 1 aromatic carbocycles. The van der Waals surface area contributed by atoms with Gasteiger partial charge in [-0.05, 0) is 56.4 Å². The molecule has 0 spiro atoms. The second-order valence-corrected chi connectivity index (χ2v) is 7.50. The molecular formula is C16H24N2O4S. The number of hydrogen-bond donors (Lipinski definition) is 2. The first-order valence-electron chi connectivity index (χ1n) is 7.98. The van der Waals surface area contributed by atoms with Gasteiger partial charge in [0.1, 0.15) is 5.75 Å². The van der Waals surface area contributed by atoms with Crippen LogP contribution < -0.4 is 14.8 Å². The summed E-state index contributed by atoms with van der Waals surface area (Å²) in [6.07, 6.45) is 5.32. The standard InChI is InChI=1S/C16H24N2O4S/c1-13(19)17-11-4-12-18-23(20,21)16-9-7-15(8-10-16)22-14-5-2-3-6-14/h7-10,14,18H,2-6,11-12H2,1H3,(H,17,19). The molecule has 2 N–H and O–H groups in total. The summed E-state index contributed by atoms with van der Waals surface area (Å²) in [5, 5.41) is 2.62. The molecule has 1 saturated carbocycles. The minimum Gasteiger partial charge on any atom is -0.490 e. The molecule has 128 valence electrons. The van der Waals surface area contributed by atoms with Crippen LogP contribution >= 0.6 is 0 Å². The zero-order chi connectivity index (χ0) is 16.7. The summed E-state index contributed by atoms with van der Waals surface area (Å²) in [6, 6.07) is 6.51. The van der Waals surface area contributed by atoms with Crippen LogP contribution in [0.3, 0.4) is 0 Å². The van der Waals surface area contributed by atoms with Crippen LogP contribution in [0.5, 0.6) is 5.75 Å². The van der Waals surface area contributed by atoms with Gasteiger partial charge in [0.05, 0.1) is 11.0 Å². The number of carbonyl (C=O) groups excluding carboxylic acids is 1. The molecule has 7 heteroatoms. The first-order valence-corrected chi connectivity index (χ1v) is 9.46. The fourth-order valence-electron chi connectivity index (χ4n) is 2.54. The lowest BCUT2D eigenvalue weighted by atomic mass is 10.3. The van der Waals surface area contributed by atoms with Crippen LogP contribution in [0.4, 0.5) is 0 Å². The van der Waals surface area contributed by atoms with Gasteiger partial charge in [0.15, 0.2) is 0 Å². The molecule has 0 heterocycles. The van der Waals surface area contributed by atoms with Crippen LogP contribution in [0.1, 0.15) is 39.0 Å². The smallest absolute Gasteiger partial charge is 0.240 e. The molecule has 1 amide bonds. The Bertz CT molecular complexity index is 607. The van der Waals surface area contributed by atoms with E-state index in [-0.39, 0.29) is 23.5 Å². The lowest BCUT2D eigenvalue weighted by Crippen LogP contribution is -2.28. The zero-order valence-corrected chi connectivity index (χ0v) is 14.2. The van der Waals surface area contributed by atoms with E-state index in [1.807, 2.05) is 0 Å². The van der Waals surface area contributed by atoms with Gasteiger partial charge in [-0.2, -0.15) is 0 Å². The van der Waals surface area contributed by atoms with E-state index in [9.17, 15) is 13.2 Å². The third-order valence-electron chi connectivity index (χ3n) is 3.76. The van der Waals surface area contributed by atoms with Crippen LogP contribution in [0.2, 0.25) is 0 Å². The molecule has 1 fully saturated rings. The first-order chi connectivity index (χ1) is 11.0. The average Bonchev–Trinajstić information content (AvgIpc) is 3.00. The highest BCUT2D eigenvalue weighted by Crippen LogP contribution is 2.24. The van der Waals surface area contributed by atoms with E-state index in [2.05, 4.69) is 10.0 Å². The number of benzene rings is 1. The van der Waals surface area contributed by atoms with Crippen LogP contribution in [-0.4, -0.2) is 33.5 Å². The summed E-state index contributed by atoms with van der Waals surface area (Å²) in [4.78, 5) is 10.9. The minimum absolute atomic E-state index is 0.120. The Morgan fingerprint density at radius 3 is 2.43 bits per heavy atom. The van der Waals surface area contributed by atoms with Crippen molar-refractivity contribution in [2.24, 2.45) is 0 Å². The second-order valence-electron chi connectivity index (χ2n) is 5.73. The quantitative estimate of drug-likeness (QED) is 0.707. The first kappa shape index (κ1) is 17.7. The lowest BCUT2D eigenvalue weighted by molar-refractivity contribution is -0.118. The van der Waals surface area contributed by atoms with Crippen molar-refractivity contribution in [2.45, 2.75) is 50.0 Å². The summed E-state index contributed by atoms with van der Waals surface area (Å²) >= 11 is 0. The zero-order valence-electron chi connectivity index (χ0n) is 13.4. The maximum Gasteiger partial charge on any atom is 0.240 e. The van der Waals surface area contributed by atoms with Gasteiger partial charge in [-0.3, -0.25) is 4.79 Å². The molecule has 0 saturated heterocycles. The van der Waals surface area contributed by atoms with E-state index in [0.717, 1.165) is 12.8 Å². The summed E-state index contributed by atoms with van der Waals surface area (Å²) in [6.45, 7) is 2.16. The molecule has 0 aromatic heterocycles. The van der Waals surface area contributed by atoms with Crippen molar-refractivity contribution >= 4 is 15.9 Å². The lowest BCUT2D eigenvalue weighted by Gasteiger charge is -2.13. The number of amides is 1. The van der Waals surface area contributed by atoms with Crippen molar-refractivity contribution in [2.75, 3.05) is 13.1 Å². The van der Waals surface area contributed by atoms with Gasteiger partial charge in [0.25, 0.3) is 0 Å². The molecule has 0 aliphatic heterocycles. The van der Waals surface area contributed by atoms with Crippen molar-refractivity contribution < 1.29 is 17.9 Å². The van der Waals surface area contributed by atoms with Gasteiger partial charge >= 0.3 is 0 Å². The van der Waals surface area contributed by atoms with E-state index in [1.165, 1.54) is 19.8 Å². The molecule has 23 heavy (non-hydrogen) atoms. The summed E-state index contributed by atoms with van der Waals surface area (Å²) in [7, 11) is -3.52. The Morgan fingerprint density at radius 1 is 1.17 bits per heavy atom. The fourth-order valence-corrected chi connectivity index (χ4v) is 3.61. The SMILES string of the molecule is CC(=O)NCCCNS(=O)(=O)c1ccc(OC2CCCC2)cc1. The highest BCUT2D eigenvalue weighted by Gasteiger charge is 2.17. The largest absolute Gasteiger partial charge is 0.490 e. The van der Waals surface area contributed by atoms with Crippen LogP contribution in [0.25, 0.3) is 0 Å². The van der Waals surface area contributed by atoms with Crippen molar-refractivity contribution in [3.63, 3.8) is 0 Å². The normalized spacial score (nSPS) is 15.5. The topological polar surface area (TPSA) is 84.5 Å². The summed E-state index contributed by atoms with van der Waals surface area (Å²) in [5.41, 5.74) is 0. The molecule has 1 aliphatic carbocycles. The Kier molecular flexibility index (Phi) is 6.41. The Balaban J connectivity index is 1.83. The summed E-state index contributed by atoms with van der Waals surface area (Å²) < 4.78 is 32.6. The molecule has 0 radical (unpaired) electrons. The summed E-state index contributed by atoms with van der Waals surface area (Å²) in [5.74, 6) is 0.590. The van der Waals surface area contributed by atoms with Crippen LogP contribution in [0.15, 0.2) is 29.2 Å². The van der Waals surface area contributed by atoms with E-state index in [0.29, 0.717) is 18.7 Å². The van der Waals surface area contributed by atoms with Gasteiger partial charge < -0.3 is 10.1 Å². The molecule has 2 rings (SSSR count). The van der Waals surface area contributed by atoms with E-state index in [4.69, 9.17) is 4.74 Å². The van der Waals surface area contributed by atoms with Crippen molar-refractivity contribution in [3.8, 4) is 5.75 Å². The molecule has 6 nitrogen and oxygen atoms in total. The van der Waals surface area contributed by atoms with Gasteiger partial charge in [-0.25, -0.2) is 13.1 Å². The molecule has 1 aromatic rings. The van der Waals surface area contributed by atoms with Crippen molar-refractivity contribution in [1.82, 2.24) is 10.0 Å². The monoisotopic (exact) mass is 340 g/mol. The predicted octanol–water partition coefficient (Wildman–Crippen LogP) is 1.81. The van der Waals surface area contributed by atoms with E-state index >= 15 is 0 Å². The minimum atomic E-state index is -3.52. The molecular weight excluding hydrogens is 316 g/mol. The van der Waals surface area contributed by atoms with Crippen molar-refractivity contribution in [1.29, 1.82) is 0 Å². The average molecular weight is 340 g/mol. The highest BCUT2D eigenvalue weighted by molar-refractivity contribution is 7.89. The predicted molar refractivity (Wildman–Crippen MR) is 87.8 cm³/mol. The maximum absolute atomic E-state index is 12.1. The van der Waals surface area contributed by atoms with Gasteiger partial charge in [-0.15, -0.1) is 0 Å². The van der Waals surface area contributed by atoms with Gasteiger partial charge in [0, 0.05) is 20.0 Å².